The number of nitrogens with zero attached hydrogens (tertiary/aromatic N) is 4. The predicted octanol–water partition coefficient (Wildman–Crippen LogP) is 3.38. The van der Waals surface area contributed by atoms with Crippen molar-refractivity contribution in [3.8, 4) is 10.6 Å². The molecule has 0 aliphatic carbocycles. The molecule has 7 nitrogen and oxygen atoms in total. The van der Waals surface area contributed by atoms with E-state index >= 15 is 0 Å². The molecule has 0 spiro atoms. The number of piperidine rings is 1. The van der Waals surface area contributed by atoms with Crippen LogP contribution in [-0.4, -0.2) is 43.6 Å². The lowest BCUT2D eigenvalue weighted by Gasteiger charge is -2.32. The summed E-state index contributed by atoms with van der Waals surface area (Å²) < 4.78 is 1.67. The maximum absolute atomic E-state index is 13.1. The second-order valence-electron chi connectivity index (χ2n) is 7.82. The van der Waals surface area contributed by atoms with E-state index in [0.717, 1.165) is 23.4 Å². The molecule has 3 aromatic heterocycles. The van der Waals surface area contributed by atoms with Crippen LogP contribution in [0.1, 0.15) is 60.5 Å². The summed E-state index contributed by atoms with van der Waals surface area (Å²) in [7, 11) is 1.81. The van der Waals surface area contributed by atoms with Gasteiger partial charge in [-0.25, -0.2) is 4.98 Å². The number of aryl methyl sites for hydroxylation is 1. The van der Waals surface area contributed by atoms with E-state index in [4.69, 9.17) is 4.98 Å². The fraction of sp³-hybridized carbons (Fsp3) is 0.429. The van der Waals surface area contributed by atoms with E-state index in [1.807, 2.05) is 35.5 Å². The number of hydrogen-bond donors (Lipinski definition) is 1. The summed E-state index contributed by atoms with van der Waals surface area (Å²) in [5, 5.41) is 6.44. The Hall–Kier alpha value is -2.74. The lowest BCUT2D eigenvalue weighted by atomic mass is 9.96. The van der Waals surface area contributed by atoms with Crippen molar-refractivity contribution in [1.29, 1.82) is 0 Å². The molecule has 3 aromatic rings. The lowest BCUT2D eigenvalue weighted by Crippen LogP contribution is -2.40. The molecule has 152 valence electrons. The first kappa shape index (κ1) is 19.6. The van der Waals surface area contributed by atoms with E-state index in [2.05, 4.69) is 23.9 Å². The van der Waals surface area contributed by atoms with Gasteiger partial charge in [-0.05, 0) is 36.3 Å². The Bertz CT molecular complexity index is 1070. The first-order chi connectivity index (χ1) is 13.9. The van der Waals surface area contributed by atoms with Gasteiger partial charge in [0.25, 0.3) is 11.5 Å². The smallest absolute Gasteiger partial charge is 0.272 e. The molecule has 1 aliphatic heterocycles. The molecular weight excluding hydrogens is 386 g/mol. The van der Waals surface area contributed by atoms with Crippen LogP contribution in [0.5, 0.6) is 0 Å². The van der Waals surface area contributed by atoms with Gasteiger partial charge in [0.05, 0.1) is 16.3 Å². The highest BCUT2D eigenvalue weighted by Crippen LogP contribution is 2.28. The van der Waals surface area contributed by atoms with Crippen molar-refractivity contribution in [3.05, 3.63) is 57.2 Å². The molecule has 0 bridgehead atoms. The zero-order valence-corrected chi connectivity index (χ0v) is 17.7. The van der Waals surface area contributed by atoms with Gasteiger partial charge in [-0.15, -0.1) is 11.3 Å². The third-order valence-corrected chi connectivity index (χ3v) is 6.23. The Kier molecular flexibility index (Phi) is 5.36. The second-order valence-corrected chi connectivity index (χ2v) is 8.76. The van der Waals surface area contributed by atoms with Crippen LogP contribution in [0.3, 0.4) is 0 Å². The zero-order valence-electron chi connectivity index (χ0n) is 16.9. The summed E-state index contributed by atoms with van der Waals surface area (Å²) in [4.78, 5) is 35.8. The highest BCUT2D eigenvalue weighted by Gasteiger charge is 2.29. The van der Waals surface area contributed by atoms with Crippen molar-refractivity contribution in [3.63, 3.8) is 0 Å². The van der Waals surface area contributed by atoms with Gasteiger partial charge in [0, 0.05) is 32.1 Å². The maximum atomic E-state index is 13.1. The average molecular weight is 412 g/mol. The van der Waals surface area contributed by atoms with Crippen LogP contribution in [0.4, 0.5) is 0 Å². The van der Waals surface area contributed by atoms with Crippen LogP contribution in [0.2, 0.25) is 0 Å². The summed E-state index contributed by atoms with van der Waals surface area (Å²) in [5.41, 5.74) is 2.05. The Morgan fingerprint density at radius 3 is 2.86 bits per heavy atom. The average Bonchev–Trinajstić information content (AvgIpc) is 3.37. The molecule has 8 heteroatoms. The third-order valence-electron chi connectivity index (χ3n) is 5.34. The monoisotopic (exact) mass is 411 g/mol. The van der Waals surface area contributed by atoms with Gasteiger partial charge < -0.3 is 9.88 Å². The van der Waals surface area contributed by atoms with Crippen molar-refractivity contribution in [2.24, 2.45) is 7.05 Å². The van der Waals surface area contributed by atoms with Gasteiger partial charge in [0.1, 0.15) is 11.5 Å². The normalized spacial score (nSPS) is 17.1. The second kappa shape index (κ2) is 7.94. The van der Waals surface area contributed by atoms with Crippen LogP contribution in [-0.2, 0) is 7.05 Å². The van der Waals surface area contributed by atoms with E-state index in [1.165, 1.54) is 6.07 Å². The van der Waals surface area contributed by atoms with E-state index in [-0.39, 0.29) is 23.3 Å². The van der Waals surface area contributed by atoms with Crippen LogP contribution in [0, 0.1) is 0 Å². The van der Waals surface area contributed by atoms with Gasteiger partial charge in [-0.2, -0.15) is 5.10 Å². The highest BCUT2D eigenvalue weighted by atomic mass is 32.1. The molecule has 1 atom stereocenters. The van der Waals surface area contributed by atoms with Gasteiger partial charge in [0.15, 0.2) is 0 Å². The molecule has 1 fully saturated rings. The summed E-state index contributed by atoms with van der Waals surface area (Å²) >= 11 is 1.56. The molecule has 4 heterocycles. The summed E-state index contributed by atoms with van der Waals surface area (Å²) in [6, 6.07) is 7.32. The van der Waals surface area contributed by atoms with E-state index in [1.54, 1.807) is 16.0 Å². The van der Waals surface area contributed by atoms with E-state index in [9.17, 15) is 9.59 Å². The number of aromatic nitrogens is 4. The Morgan fingerprint density at radius 1 is 1.34 bits per heavy atom. The van der Waals surface area contributed by atoms with E-state index in [0.29, 0.717) is 30.3 Å². The van der Waals surface area contributed by atoms with Crippen molar-refractivity contribution in [2.75, 3.05) is 13.1 Å². The number of amides is 1. The lowest BCUT2D eigenvalue weighted by molar-refractivity contribution is 0.0693. The summed E-state index contributed by atoms with van der Waals surface area (Å²) in [5.74, 6) is 0.920. The molecule has 29 heavy (non-hydrogen) atoms. The fourth-order valence-corrected chi connectivity index (χ4v) is 4.43. The van der Waals surface area contributed by atoms with E-state index < -0.39 is 0 Å². The highest BCUT2D eigenvalue weighted by molar-refractivity contribution is 7.13. The van der Waals surface area contributed by atoms with Gasteiger partial charge in [-0.3, -0.25) is 14.3 Å². The number of likely N-dealkylation sites (tertiary alicyclic amines) is 1. The first-order valence-corrected chi connectivity index (χ1v) is 10.8. The minimum Gasteiger partial charge on any atom is -0.337 e. The number of carbonyl (C=O) groups excluding carboxylic acids is 1. The van der Waals surface area contributed by atoms with Crippen molar-refractivity contribution in [1.82, 2.24) is 24.6 Å². The molecular formula is C21H25N5O2S. The Labute approximate surface area is 173 Å². The van der Waals surface area contributed by atoms with Crippen LogP contribution in [0.15, 0.2) is 34.4 Å². The number of aromatic amines is 1. The van der Waals surface area contributed by atoms with Crippen LogP contribution < -0.4 is 5.56 Å². The quantitative estimate of drug-likeness (QED) is 0.713. The maximum Gasteiger partial charge on any atom is 0.272 e. The minimum absolute atomic E-state index is 0.0121. The van der Waals surface area contributed by atoms with Gasteiger partial charge in [0.2, 0.25) is 0 Å². The number of nitrogens with one attached hydrogen (secondary N) is 1. The number of hydrogen-bond acceptors (Lipinski definition) is 5. The number of thiophene rings is 1. The molecule has 0 aromatic carbocycles. The minimum atomic E-state index is -0.157. The van der Waals surface area contributed by atoms with Crippen molar-refractivity contribution in [2.45, 2.75) is 38.5 Å². The largest absolute Gasteiger partial charge is 0.337 e. The van der Waals surface area contributed by atoms with Gasteiger partial charge in [-0.1, -0.05) is 19.9 Å². The molecule has 0 unspecified atom stereocenters. The fourth-order valence-electron chi connectivity index (χ4n) is 3.74. The molecule has 1 amide bonds. The number of rotatable bonds is 4. The molecule has 0 radical (unpaired) electrons. The number of carbonyl (C=O) groups is 1. The van der Waals surface area contributed by atoms with Gasteiger partial charge >= 0.3 is 0 Å². The molecule has 1 N–H and O–H groups in total. The Morgan fingerprint density at radius 2 is 2.17 bits per heavy atom. The number of H-pyrrole nitrogens is 1. The van der Waals surface area contributed by atoms with Crippen molar-refractivity contribution < 1.29 is 4.79 Å². The first-order valence-electron chi connectivity index (χ1n) is 9.90. The zero-order chi connectivity index (χ0) is 20.5. The molecule has 1 saturated heterocycles. The standard InChI is InChI=1S/C21H25N5O2S/c1-13(2)15-10-17(25(3)24-15)21(28)26-8-4-6-14(12-26)20-22-16(11-19(27)23-20)18-7-5-9-29-18/h5,7,9-11,13-14H,4,6,8,12H2,1-3H3,(H,22,23,27)/t14-/m0/s1. The summed E-state index contributed by atoms with van der Waals surface area (Å²) in [6.45, 7) is 5.37. The predicted molar refractivity (Wildman–Crippen MR) is 113 cm³/mol. The topological polar surface area (TPSA) is 83.9 Å². The van der Waals surface area contributed by atoms with Crippen LogP contribution >= 0.6 is 11.3 Å². The Balaban J connectivity index is 1.57. The van der Waals surface area contributed by atoms with Crippen LogP contribution in [0.25, 0.3) is 10.6 Å². The summed E-state index contributed by atoms with van der Waals surface area (Å²) in [6.07, 6.45) is 1.77. The molecule has 4 rings (SSSR count). The van der Waals surface area contributed by atoms with Crippen molar-refractivity contribution >= 4 is 17.2 Å². The molecule has 1 aliphatic rings. The SMILES string of the molecule is CC(C)c1cc(C(=O)N2CCC[C@H](c3nc(-c4cccs4)cc(=O)[nH]3)C2)n(C)n1. The third kappa shape index (κ3) is 4.03. The molecule has 0 saturated carbocycles.